The zero-order valence-corrected chi connectivity index (χ0v) is 6.23. The van der Waals surface area contributed by atoms with Crippen molar-refractivity contribution < 1.29 is 4.79 Å². The lowest BCUT2D eigenvalue weighted by Crippen LogP contribution is -2.19. The summed E-state index contributed by atoms with van der Waals surface area (Å²) in [7, 11) is 0. The molecule has 1 nitrogen and oxygen atoms in total. The van der Waals surface area contributed by atoms with E-state index in [1.54, 1.807) is 6.08 Å². The molecule has 0 aromatic carbocycles. The van der Waals surface area contributed by atoms with Crippen molar-refractivity contribution in [3.63, 3.8) is 0 Å². The Kier molecular flexibility index (Phi) is 0.867. The predicted octanol–water partition coefficient (Wildman–Crippen LogP) is 1.56. The van der Waals surface area contributed by atoms with Gasteiger partial charge in [0.1, 0.15) is 0 Å². The Bertz CT molecular complexity index is 275. The van der Waals surface area contributed by atoms with Gasteiger partial charge in [-0.1, -0.05) is 18.2 Å². The summed E-state index contributed by atoms with van der Waals surface area (Å²) < 4.78 is 0. The van der Waals surface area contributed by atoms with Crippen molar-refractivity contribution in [2.75, 3.05) is 0 Å². The molecule has 0 radical (unpaired) electrons. The van der Waals surface area contributed by atoms with E-state index in [1.165, 1.54) is 6.42 Å². The van der Waals surface area contributed by atoms with Gasteiger partial charge in [-0.15, -0.1) is 0 Å². The van der Waals surface area contributed by atoms with Gasteiger partial charge in [0.25, 0.3) is 0 Å². The Morgan fingerprint density at radius 2 is 2.00 bits per heavy atom. The number of carbonyl (C=O) groups excluding carboxylic acids is 1. The SMILES string of the molecule is O=C1C=CC2C1[C@@H]1C=C[C@H]2C1. The van der Waals surface area contributed by atoms with E-state index in [0.717, 1.165) is 0 Å². The number of fused-ring (bicyclic) bond motifs is 5. The van der Waals surface area contributed by atoms with E-state index in [2.05, 4.69) is 18.2 Å². The van der Waals surface area contributed by atoms with E-state index in [1.807, 2.05) is 0 Å². The predicted molar refractivity (Wildman–Crippen MR) is 41.9 cm³/mol. The average Bonchev–Trinajstić information content (AvgIpc) is 2.60. The van der Waals surface area contributed by atoms with Crippen molar-refractivity contribution >= 4 is 5.78 Å². The smallest absolute Gasteiger partial charge is 0.159 e. The third kappa shape index (κ3) is 0.550. The largest absolute Gasteiger partial charge is 0.295 e. The molecule has 1 saturated carbocycles. The molecule has 1 heteroatoms. The molecule has 0 aliphatic heterocycles. The maximum absolute atomic E-state index is 11.3. The van der Waals surface area contributed by atoms with Crippen LogP contribution in [0.2, 0.25) is 0 Å². The molecule has 0 aromatic heterocycles. The zero-order chi connectivity index (χ0) is 7.42. The Morgan fingerprint density at radius 1 is 1.18 bits per heavy atom. The van der Waals surface area contributed by atoms with Gasteiger partial charge in [0, 0.05) is 5.92 Å². The minimum absolute atomic E-state index is 0.338. The third-order valence-electron chi connectivity index (χ3n) is 3.33. The van der Waals surface area contributed by atoms with Crippen LogP contribution in [-0.4, -0.2) is 5.78 Å². The first-order valence-corrected chi connectivity index (χ1v) is 4.26. The molecule has 2 unspecified atom stereocenters. The molecule has 0 aromatic rings. The quantitative estimate of drug-likeness (QED) is 0.474. The van der Waals surface area contributed by atoms with E-state index in [-0.39, 0.29) is 0 Å². The van der Waals surface area contributed by atoms with Gasteiger partial charge in [0.05, 0.1) is 0 Å². The molecule has 0 heterocycles. The van der Waals surface area contributed by atoms with E-state index >= 15 is 0 Å². The highest BCUT2D eigenvalue weighted by atomic mass is 16.1. The summed E-state index contributed by atoms with van der Waals surface area (Å²) in [6.07, 6.45) is 9.64. The molecule has 0 spiro atoms. The van der Waals surface area contributed by atoms with Crippen LogP contribution >= 0.6 is 0 Å². The molecular weight excluding hydrogens is 136 g/mol. The Labute approximate surface area is 65.8 Å². The fraction of sp³-hybridized carbons (Fsp3) is 0.500. The van der Waals surface area contributed by atoms with Crippen molar-refractivity contribution in [2.45, 2.75) is 6.42 Å². The van der Waals surface area contributed by atoms with Crippen molar-refractivity contribution in [1.82, 2.24) is 0 Å². The maximum atomic E-state index is 11.3. The van der Waals surface area contributed by atoms with Gasteiger partial charge in [-0.3, -0.25) is 4.79 Å². The van der Waals surface area contributed by atoms with Gasteiger partial charge >= 0.3 is 0 Å². The molecule has 4 atom stereocenters. The number of carbonyl (C=O) groups is 1. The average molecular weight is 146 g/mol. The Balaban J connectivity index is 2.08. The first-order valence-electron chi connectivity index (χ1n) is 4.26. The van der Waals surface area contributed by atoms with Crippen LogP contribution in [0.1, 0.15) is 6.42 Å². The Morgan fingerprint density at radius 3 is 2.82 bits per heavy atom. The van der Waals surface area contributed by atoms with Crippen LogP contribution in [0.25, 0.3) is 0 Å². The van der Waals surface area contributed by atoms with E-state index < -0.39 is 0 Å². The van der Waals surface area contributed by atoms with Gasteiger partial charge in [0.15, 0.2) is 5.78 Å². The molecule has 3 aliphatic rings. The van der Waals surface area contributed by atoms with Gasteiger partial charge in [-0.25, -0.2) is 0 Å². The summed E-state index contributed by atoms with van der Waals surface area (Å²) in [6.45, 7) is 0. The molecule has 2 bridgehead atoms. The second-order valence-corrected chi connectivity index (χ2v) is 3.81. The van der Waals surface area contributed by atoms with Crippen LogP contribution in [0.5, 0.6) is 0 Å². The second kappa shape index (κ2) is 1.66. The van der Waals surface area contributed by atoms with Gasteiger partial charge in [0.2, 0.25) is 0 Å². The van der Waals surface area contributed by atoms with Crippen LogP contribution < -0.4 is 0 Å². The lowest BCUT2D eigenvalue weighted by Gasteiger charge is -2.17. The van der Waals surface area contributed by atoms with Gasteiger partial charge in [-0.05, 0) is 30.3 Å². The van der Waals surface area contributed by atoms with E-state index in [4.69, 9.17) is 0 Å². The normalized spacial score (nSPS) is 50.7. The highest BCUT2D eigenvalue weighted by Gasteiger charge is 2.48. The summed E-state index contributed by atoms with van der Waals surface area (Å²) in [5, 5.41) is 0. The highest BCUT2D eigenvalue weighted by Crippen LogP contribution is 2.51. The van der Waals surface area contributed by atoms with Crippen LogP contribution in [0, 0.1) is 23.7 Å². The van der Waals surface area contributed by atoms with Crippen molar-refractivity contribution in [3.05, 3.63) is 24.3 Å². The maximum Gasteiger partial charge on any atom is 0.159 e. The standard InChI is InChI=1S/C10H10O/c11-9-4-3-8-6-1-2-7(5-6)10(8)9/h1-4,6-8,10H,5H2/t6-,7+,8?,10?/m0/s1. The Hall–Kier alpha value is -0.850. The monoisotopic (exact) mass is 146 g/mol. The van der Waals surface area contributed by atoms with Crippen LogP contribution in [0.15, 0.2) is 24.3 Å². The zero-order valence-electron chi connectivity index (χ0n) is 6.23. The minimum Gasteiger partial charge on any atom is -0.295 e. The molecule has 0 amide bonds. The molecule has 1 fully saturated rings. The first kappa shape index (κ1) is 5.76. The topological polar surface area (TPSA) is 17.1 Å². The molecule has 0 saturated heterocycles. The highest BCUT2D eigenvalue weighted by molar-refractivity contribution is 5.95. The minimum atomic E-state index is 0.338. The van der Waals surface area contributed by atoms with Crippen molar-refractivity contribution in [2.24, 2.45) is 23.7 Å². The molecule has 56 valence electrons. The van der Waals surface area contributed by atoms with E-state index in [0.29, 0.717) is 29.5 Å². The molecule has 3 aliphatic carbocycles. The van der Waals surface area contributed by atoms with Crippen molar-refractivity contribution in [1.29, 1.82) is 0 Å². The lowest BCUT2D eigenvalue weighted by molar-refractivity contribution is -0.118. The summed E-state index contributed by atoms with van der Waals surface area (Å²) >= 11 is 0. The summed E-state index contributed by atoms with van der Waals surface area (Å²) in [4.78, 5) is 11.3. The second-order valence-electron chi connectivity index (χ2n) is 3.81. The fourth-order valence-electron chi connectivity index (χ4n) is 2.84. The number of hydrogen-bond acceptors (Lipinski definition) is 1. The van der Waals surface area contributed by atoms with Crippen LogP contribution in [0.3, 0.4) is 0 Å². The summed E-state index contributed by atoms with van der Waals surface area (Å²) in [6, 6.07) is 0. The number of allylic oxidation sites excluding steroid dienone is 4. The fourth-order valence-corrected chi connectivity index (χ4v) is 2.84. The molecule has 11 heavy (non-hydrogen) atoms. The molecule has 3 rings (SSSR count). The lowest BCUT2D eigenvalue weighted by atomic mass is 9.85. The van der Waals surface area contributed by atoms with Crippen LogP contribution in [-0.2, 0) is 4.79 Å². The van der Waals surface area contributed by atoms with Crippen LogP contribution in [0.4, 0.5) is 0 Å². The van der Waals surface area contributed by atoms with Gasteiger partial charge in [-0.2, -0.15) is 0 Å². The summed E-state index contributed by atoms with van der Waals surface area (Å²) in [5.74, 6) is 2.54. The molecular formula is C10H10O. The van der Waals surface area contributed by atoms with Gasteiger partial charge < -0.3 is 0 Å². The third-order valence-corrected chi connectivity index (χ3v) is 3.33. The van der Waals surface area contributed by atoms with Crippen molar-refractivity contribution in [3.8, 4) is 0 Å². The molecule has 0 N–H and O–H groups in total. The number of hydrogen-bond donors (Lipinski definition) is 0. The number of ketones is 1. The number of rotatable bonds is 0. The first-order chi connectivity index (χ1) is 5.36. The summed E-state index contributed by atoms with van der Waals surface area (Å²) in [5.41, 5.74) is 0. The van der Waals surface area contributed by atoms with E-state index in [9.17, 15) is 4.79 Å².